The number of hydrogen-bond donors (Lipinski definition) is 1. The lowest BCUT2D eigenvalue weighted by atomic mass is 10.1. The van der Waals surface area contributed by atoms with Crippen molar-refractivity contribution < 1.29 is 4.79 Å². The van der Waals surface area contributed by atoms with E-state index in [4.69, 9.17) is 11.6 Å². The molecule has 1 amide bonds. The van der Waals surface area contributed by atoms with Gasteiger partial charge in [0.1, 0.15) is 5.82 Å². The molecule has 0 unspecified atom stereocenters. The average molecular weight is 522 g/mol. The lowest BCUT2D eigenvalue weighted by Gasteiger charge is -2.41. The van der Waals surface area contributed by atoms with Crippen LogP contribution < -0.4 is 10.2 Å². The first-order chi connectivity index (χ1) is 17.4. The van der Waals surface area contributed by atoms with Crippen molar-refractivity contribution in [3.63, 3.8) is 0 Å². The fourth-order valence-electron chi connectivity index (χ4n) is 5.03. The van der Waals surface area contributed by atoms with Gasteiger partial charge in [-0.2, -0.15) is 5.10 Å². The molecule has 12 heteroatoms. The predicted octanol–water partition coefficient (Wildman–Crippen LogP) is 3.93. The Hall–Kier alpha value is -3.57. The Morgan fingerprint density at radius 2 is 1.86 bits per heavy atom. The van der Waals surface area contributed by atoms with Crippen LogP contribution in [0.25, 0.3) is 11.3 Å². The maximum atomic E-state index is 13.4. The number of thiazole rings is 1. The number of hydrogen-bond acceptors (Lipinski definition) is 9. The van der Waals surface area contributed by atoms with Crippen LogP contribution in [0.15, 0.2) is 42.3 Å². The topological polar surface area (TPSA) is 105 Å². The van der Waals surface area contributed by atoms with Gasteiger partial charge in [-0.05, 0) is 31.9 Å². The minimum absolute atomic E-state index is 0.0156. The van der Waals surface area contributed by atoms with E-state index in [0.717, 1.165) is 34.9 Å². The predicted molar refractivity (Wildman–Crippen MR) is 139 cm³/mol. The number of pyridine rings is 1. The van der Waals surface area contributed by atoms with E-state index in [2.05, 4.69) is 35.3 Å². The molecule has 2 bridgehead atoms. The SMILES string of the molecule is Cc1nn(C)cc1-c1csc(Nc2ccc(C(=O)N3[C@@H]4CC[C@H]3CN(c3ncc(Cl)cn3)C4)cn2)n1. The minimum Gasteiger partial charge on any atom is -0.337 e. The van der Waals surface area contributed by atoms with Crippen LogP contribution in [0, 0.1) is 6.92 Å². The standard InChI is InChI=1S/C24H24ClN9OS/c1-14-19(12-32(2)31-14)20-13-36-24(29-20)30-21-6-3-15(7-26-21)22(35)34-17-4-5-18(34)11-33(10-17)23-27-8-16(25)9-28-23/h3,6-9,12-13,17-18H,4-5,10-11H2,1-2H3,(H,26,29,30)/t17-,18+. The van der Waals surface area contributed by atoms with Crippen LogP contribution >= 0.6 is 22.9 Å². The van der Waals surface area contributed by atoms with E-state index in [1.165, 1.54) is 11.3 Å². The molecular weight excluding hydrogens is 498 g/mol. The molecule has 2 atom stereocenters. The zero-order valence-electron chi connectivity index (χ0n) is 19.8. The van der Waals surface area contributed by atoms with E-state index in [1.807, 2.05) is 42.6 Å². The number of anilines is 3. The number of carbonyl (C=O) groups excluding carboxylic acids is 1. The molecule has 4 aromatic rings. The Morgan fingerprint density at radius 1 is 1.11 bits per heavy atom. The number of nitrogens with one attached hydrogen (secondary N) is 1. The third-order valence-corrected chi connectivity index (χ3v) is 7.60. The van der Waals surface area contributed by atoms with Gasteiger partial charge in [0.05, 0.1) is 46.5 Å². The fourth-order valence-corrected chi connectivity index (χ4v) is 5.84. The second kappa shape index (κ2) is 9.14. The number of piperazine rings is 1. The van der Waals surface area contributed by atoms with Crippen LogP contribution in [0.1, 0.15) is 28.9 Å². The first-order valence-electron chi connectivity index (χ1n) is 11.7. The largest absolute Gasteiger partial charge is 0.337 e. The minimum atomic E-state index is 0.0156. The highest BCUT2D eigenvalue weighted by atomic mass is 35.5. The highest BCUT2D eigenvalue weighted by Gasteiger charge is 2.43. The van der Waals surface area contributed by atoms with E-state index < -0.39 is 0 Å². The van der Waals surface area contributed by atoms with E-state index in [-0.39, 0.29) is 18.0 Å². The van der Waals surface area contributed by atoms with E-state index in [0.29, 0.717) is 35.4 Å². The summed E-state index contributed by atoms with van der Waals surface area (Å²) in [6.07, 6.45) is 8.75. The molecule has 2 aliphatic rings. The molecule has 0 aliphatic carbocycles. The summed E-state index contributed by atoms with van der Waals surface area (Å²) in [5.41, 5.74) is 3.40. The van der Waals surface area contributed by atoms with Gasteiger partial charge in [-0.3, -0.25) is 9.48 Å². The first kappa shape index (κ1) is 22.9. The highest BCUT2D eigenvalue weighted by Crippen LogP contribution is 2.33. The van der Waals surface area contributed by atoms with Gasteiger partial charge in [0.2, 0.25) is 5.95 Å². The summed E-state index contributed by atoms with van der Waals surface area (Å²) in [6.45, 7) is 3.38. The molecule has 6 heterocycles. The number of carbonyl (C=O) groups is 1. The number of nitrogens with zero attached hydrogens (tertiary/aromatic N) is 8. The number of fused-ring (bicyclic) bond motifs is 2. The Balaban J connectivity index is 1.12. The molecule has 1 N–H and O–H groups in total. The zero-order valence-corrected chi connectivity index (χ0v) is 21.4. The molecule has 0 spiro atoms. The van der Waals surface area contributed by atoms with Crippen molar-refractivity contribution in [3.05, 3.63) is 58.6 Å². The van der Waals surface area contributed by atoms with E-state index in [1.54, 1.807) is 23.3 Å². The number of rotatable bonds is 5. The summed E-state index contributed by atoms with van der Waals surface area (Å²) < 4.78 is 1.78. The second-order valence-corrected chi connectivity index (χ2v) is 10.4. The van der Waals surface area contributed by atoms with Gasteiger partial charge in [-0.1, -0.05) is 11.6 Å². The van der Waals surface area contributed by atoms with Gasteiger partial charge < -0.3 is 15.1 Å². The number of amides is 1. The summed E-state index contributed by atoms with van der Waals surface area (Å²) >= 11 is 7.43. The maximum Gasteiger partial charge on any atom is 0.256 e. The van der Waals surface area contributed by atoms with E-state index in [9.17, 15) is 4.79 Å². The molecule has 2 saturated heterocycles. The van der Waals surface area contributed by atoms with Crippen molar-refractivity contribution in [1.82, 2.24) is 34.6 Å². The third kappa shape index (κ3) is 4.28. The van der Waals surface area contributed by atoms with Crippen LogP contribution in [0.5, 0.6) is 0 Å². The third-order valence-electron chi connectivity index (χ3n) is 6.65. The number of aryl methyl sites for hydroxylation is 2. The lowest BCUT2D eigenvalue weighted by molar-refractivity contribution is 0.0640. The molecule has 184 valence electrons. The Kier molecular flexibility index (Phi) is 5.81. The second-order valence-electron chi connectivity index (χ2n) is 9.10. The molecule has 0 aromatic carbocycles. The summed E-state index contributed by atoms with van der Waals surface area (Å²) in [4.78, 5) is 35.4. The number of halogens is 1. The summed E-state index contributed by atoms with van der Waals surface area (Å²) in [6, 6.07) is 3.89. The molecular formula is C24H24ClN9OS. The molecule has 36 heavy (non-hydrogen) atoms. The normalized spacial score (nSPS) is 19.1. The van der Waals surface area contributed by atoms with Gasteiger partial charge in [0.15, 0.2) is 5.13 Å². The van der Waals surface area contributed by atoms with Gasteiger partial charge in [-0.15, -0.1) is 11.3 Å². The molecule has 6 rings (SSSR count). The average Bonchev–Trinajstić information content (AvgIpc) is 3.54. The van der Waals surface area contributed by atoms with Crippen LogP contribution in [-0.4, -0.2) is 65.7 Å². The van der Waals surface area contributed by atoms with Crippen molar-refractivity contribution in [1.29, 1.82) is 0 Å². The smallest absolute Gasteiger partial charge is 0.256 e. The van der Waals surface area contributed by atoms with Crippen molar-refractivity contribution in [2.75, 3.05) is 23.3 Å². The Labute approximate surface area is 217 Å². The van der Waals surface area contributed by atoms with Crippen LogP contribution in [0.3, 0.4) is 0 Å². The zero-order chi connectivity index (χ0) is 24.8. The van der Waals surface area contributed by atoms with E-state index >= 15 is 0 Å². The van der Waals surface area contributed by atoms with Gasteiger partial charge in [-0.25, -0.2) is 19.9 Å². The maximum absolute atomic E-state index is 13.4. The van der Waals surface area contributed by atoms with Gasteiger partial charge >= 0.3 is 0 Å². The molecule has 0 radical (unpaired) electrons. The Bertz CT molecular complexity index is 1390. The first-order valence-corrected chi connectivity index (χ1v) is 12.9. The number of aromatic nitrogens is 6. The van der Waals surface area contributed by atoms with Crippen molar-refractivity contribution in [3.8, 4) is 11.3 Å². The van der Waals surface area contributed by atoms with Crippen molar-refractivity contribution in [2.24, 2.45) is 7.05 Å². The van der Waals surface area contributed by atoms with Gasteiger partial charge in [0, 0.05) is 43.5 Å². The summed E-state index contributed by atoms with van der Waals surface area (Å²) in [7, 11) is 1.90. The molecule has 2 fully saturated rings. The van der Waals surface area contributed by atoms with Crippen molar-refractivity contribution in [2.45, 2.75) is 31.8 Å². The molecule has 2 aliphatic heterocycles. The highest BCUT2D eigenvalue weighted by molar-refractivity contribution is 7.14. The Morgan fingerprint density at radius 3 is 2.50 bits per heavy atom. The van der Waals surface area contributed by atoms with Crippen LogP contribution in [0.2, 0.25) is 5.02 Å². The molecule has 10 nitrogen and oxygen atoms in total. The van der Waals surface area contributed by atoms with Crippen molar-refractivity contribution >= 4 is 45.7 Å². The summed E-state index contributed by atoms with van der Waals surface area (Å²) in [5.74, 6) is 1.31. The summed E-state index contributed by atoms with van der Waals surface area (Å²) in [5, 5.41) is 10.9. The molecule has 4 aromatic heterocycles. The van der Waals surface area contributed by atoms with Gasteiger partial charge in [0.25, 0.3) is 5.91 Å². The fraction of sp³-hybridized carbons (Fsp3) is 0.333. The quantitative estimate of drug-likeness (QED) is 0.421. The molecule has 0 saturated carbocycles. The van der Waals surface area contributed by atoms with Crippen LogP contribution in [-0.2, 0) is 7.05 Å². The van der Waals surface area contributed by atoms with Crippen LogP contribution in [0.4, 0.5) is 16.9 Å². The monoisotopic (exact) mass is 521 g/mol. The lowest BCUT2D eigenvalue weighted by Crippen LogP contribution is -2.56.